The van der Waals surface area contributed by atoms with Gasteiger partial charge in [-0.25, -0.2) is 0 Å². The van der Waals surface area contributed by atoms with E-state index in [0.717, 1.165) is 17.7 Å². The van der Waals surface area contributed by atoms with Crippen LogP contribution in [0.4, 0.5) is 0 Å². The van der Waals surface area contributed by atoms with Gasteiger partial charge < -0.3 is 9.64 Å². The first kappa shape index (κ1) is 16.6. The molecule has 0 radical (unpaired) electrons. The SMILES string of the molecule is Cc1c(C(=O)N(C)[C@H]2CCO[C@@H]2c2cccnc2)cnn1C(C)C. The third kappa shape index (κ3) is 2.94. The number of aromatic nitrogens is 3. The van der Waals surface area contributed by atoms with Gasteiger partial charge >= 0.3 is 0 Å². The fraction of sp³-hybridized carbons (Fsp3) is 0.500. The lowest BCUT2D eigenvalue weighted by Crippen LogP contribution is -2.39. The van der Waals surface area contributed by atoms with Crippen LogP contribution in [0.2, 0.25) is 0 Å². The van der Waals surface area contributed by atoms with Gasteiger partial charge in [-0.2, -0.15) is 5.10 Å². The van der Waals surface area contributed by atoms with Crippen LogP contribution in [0.1, 0.15) is 54.0 Å². The summed E-state index contributed by atoms with van der Waals surface area (Å²) < 4.78 is 7.76. The normalized spacial score (nSPS) is 20.5. The Morgan fingerprint density at radius 2 is 2.21 bits per heavy atom. The van der Waals surface area contributed by atoms with E-state index in [2.05, 4.69) is 23.9 Å². The zero-order valence-corrected chi connectivity index (χ0v) is 14.6. The van der Waals surface area contributed by atoms with Crippen molar-refractivity contribution in [1.29, 1.82) is 0 Å². The summed E-state index contributed by atoms with van der Waals surface area (Å²) in [6.45, 7) is 6.70. The molecule has 0 aliphatic carbocycles. The lowest BCUT2D eigenvalue weighted by Gasteiger charge is -2.28. The minimum absolute atomic E-state index is 0.00324. The van der Waals surface area contributed by atoms with Crippen LogP contribution in [0.15, 0.2) is 30.7 Å². The third-order valence-corrected chi connectivity index (χ3v) is 4.66. The van der Waals surface area contributed by atoms with Gasteiger partial charge in [-0.1, -0.05) is 6.07 Å². The van der Waals surface area contributed by atoms with Gasteiger partial charge in [0.05, 0.1) is 17.8 Å². The molecule has 24 heavy (non-hydrogen) atoms. The van der Waals surface area contributed by atoms with Crippen LogP contribution in [-0.4, -0.2) is 45.3 Å². The molecule has 0 N–H and O–H groups in total. The molecule has 0 saturated carbocycles. The number of nitrogens with zero attached hydrogens (tertiary/aromatic N) is 4. The van der Waals surface area contributed by atoms with Gasteiger partial charge in [-0.3, -0.25) is 14.5 Å². The number of hydrogen-bond acceptors (Lipinski definition) is 4. The second-order valence-corrected chi connectivity index (χ2v) is 6.53. The summed E-state index contributed by atoms with van der Waals surface area (Å²) in [7, 11) is 1.84. The molecule has 6 heteroatoms. The Bertz CT molecular complexity index is 711. The highest BCUT2D eigenvalue weighted by Gasteiger charge is 2.36. The number of ether oxygens (including phenoxy) is 1. The molecule has 1 fully saturated rings. The number of rotatable bonds is 4. The average molecular weight is 328 g/mol. The zero-order valence-electron chi connectivity index (χ0n) is 14.6. The summed E-state index contributed by atoms with van der Waals surface area (Å²) in [6.07, 6.45) is 5.91. The molecule has 1 saturated heterocycles. The maximum atomic E-state index is 13.0. The van der Waals surface area contributed by atoms with Gasteiger partial charge in [0.15, 0.2) is 0 Å². The van der Waals surface area contributed by atoms with Crippen molar-refractivity contribution in [1.82, 2.24) is 19.7 Å². The van der Waals surface area contributed by atoms with Gasteiger partial charge in [0.2, 0.25) is 0 Å². The largest absolute Gasteiger partial charge is 0.371 e. The average Bonchev–Trinajstić information content (AvgIpc) is 3.21. The number of pyridine rings is 1. The molecule has 0 bridgehead atoms. The quantitative estimate of drug-likeness (QED) is 0.866. The fourth-order valence-corrected chi connectivity index (χ4v) is 3.33. The van der Waals surface area contributed by atoms with Crippen LogP contribution in [-0.2, 0) is 4.74 Å². The summed E-state index contributed by atoms with van der Waals surface area (Å²) in [4.78, 5) is 18.9. The van der Waals surface area contributed by atoms with E-state index < -0.39 is 0 Å². The van der Waals surface area contributed by atoms with E-state index in [9.17, 15) is 4.79 Å². The lowest BCUT2D eigenvalue weighted by molar-refractivity contribution is 0.0514. The molecule has 0 unspecified atom stereocenters. The lowest BCUT2D eigenvalue weighted by atomic mass is 10.0. The van der Waals surface area contributed by atoms with Crippen molar-refractivity contribution in [3.8, 4) is 0 Å². The van der Waals surface area contributed by atoms with Crippen molar-refractivity contribution in [3.05, 3.63) is 47.5 Å². The van der Waals surface area contributed by atoms with Crippen molar-refractivity contribution < 1.29 is 9.53 Å². The molecule has 6 nitrogen and oxygen atoms in total. The molecule has 1 aliphatic heterocycles. The Hall–Kier alpha value is -2.21. The number of hydrogen-bond donors (Lipinski definition) is 0. The summed E-state index contributed by atoms with van der Waals surface area (Å²) in [6, 6.07) is 4.13. The van der Waals surface area contributed by atoms with Crippen LogP contribution in [0.25, 0.3) is 0 Å². The molecule has 1 aliphatic rings. The van der Waals surface area contributed by atoms with E-state index in [1.54, 1.807) is 17.3 Å². The number of likely N-dealkylation sites (N-methyl/N-ethyl adjacent to an activating group) is 1. The molecule has 2 aromatic rings. The number of carbonyl (C=O) groups is 1. The first-order valence-electron chi connectivity index (χ1n) is 8.33. The zero-order chi connectivity index (χ0) is 17.3. The van der Waals surface area contributed by atoms with E-state index in [1.165, 1.54) is 0 Å². The van der Waals surface area contributed by atoms with Gasteiger partial charge in [0.1, 0.15) is 6.10 Å². The standard InChI is InChI=1S/C18H24N4O2/c1-12(2)22-13(3)15(11-20-22)18(23)21(4)16-7-9-24-17(16)14-6-5-8-19-10-14/h5-6,8,10-12,16-17H,7,9H2,1-4H3/t16-,17+/m0/s1. The molecule has 3 rings (SSSR count). The fourth-order valence-electron chi connectivity index (χ4n) is 3.33. The first-order valence-corrected chi connectivity index (χ1v) is 8.33. The van der Waals surface area contributed by atoms with Crippen molar-refractivity contribution in [2.24, 2.45) is 0 Å². The topological polar surface area (TPSA) is 60.3 Å². The number of carbonyl (C=O) groups excluding carboxylic acids is 1. The summed E-state index contributed by atoms with van der Waals surface area (Å²) in [5.74, 6) is -0.0104. The second kappa shape index (κ2) is 6.73. The Morgan fingerprint density at radius 3 is 2.83 bits per heavy atom. The maximum Gasteiger partial charge on any atom is 0.257 e. The minimum atomic E-state index is -0.131. The molecule has 1 amide bonds. The molecule has 0 aromatic carbocycles. The molecule has 2 atom stereocenters. The van der Waals surface area contributed by atoms with Crippen LogP contribution in [0, 0.1) is 6.92 Å². The van der Waals surface area contributed by atoms with Gasteiger partial charge in [-0.05, 0) is 33.3 Å². The van der Waals surface area contributed by atoms with Gasteiger partial charge in [0.25, 0.3) is 5.91 Å². The molecular weight excluding hydrogens is 304 g/mol. The predicted octanol–water partition coefficient (Wildman–Crippen LogP) is 2.77. The van der Waals surface area contributed by atoms with Crippen molar-refractivity contribution in [2.75, 3.05) is 13.7 Å². The Kier molecular flexibility index (Phi) is 4.66. The van der Waals surface area contributed by atoms with Crippen LogP contribution in [0.5, 0.6) is 0 Å². The molecule has 0 spiro atoms. The molecule has 2 aromatic heterocycles. The van der Waals surface area contributed by atoms with Crippen molar-refractivity contribution in [2.45, 2.75) is 45.4 Å². The Balaban J connectivity index is 1.83. The third-order valence-electron chi connectivity index (χ3n) is 4.66. The molecule has 128 valence electrons. The first-order chi connectivity index (χ1) is 11.5. The summed E-state index contributed by atoms with van der Waals surface area (Å²) in [5, 5.41) is 4.35. The van der Waals surface area contributed by atoms with Crippen molar-refractivity contribution in [3.63, 3.8) is 0 Å². The highest BCUT2D eigenvalue weighted by molar-refractivity contribution is 5.95. The molecule has 3 heterocycles. The van der Waals surface area contributed by atoms with E-state index in [4.69, 9.17) is 4.74 Å². The van der Waals surface area contributed by atoms with E-state index in [-0.39, 0.29) is 24.1 Å². The van der Waals surface area contributed by atoms with Crippen LogP contribution in [0.3, 0.4) is 0 Å². The van der Waals surface area contributed by atoms with Gasteiger partial charge in [-0.15, -0.1) is 0 Å². The van der Waals surface area contributed by atoms with E-state index in [0.29, 0.717) is 12.2 Å². The Morgan fingerprint density at radius 1 is 1.42 bits per heavy atom. The molecular formula is C18H24N4O2. The predicted molar refractivity (Wildman–Crippen MR) is 90.8 cm³/mol. The summed E-state index contributed by atoms with van der Waals surface area (Å²) >= 11 is 0. The Labute approximate surface area is 142 Å². The highest BCUT2D eigenvalue weighted by atomic mass is 16.5. The van der Waals surface area contributed by atoms with E-state index >= 15 is 0 Å². The highest BCUT2D eigenvalue weighted by Crippen LogP contribution is 2.32. The second-order valence-electron chi connectivity index (χ2n) is 6.53. The number of amides is 1. The van der Waals surface area contributed by atoms with E-state index in [1.807, 2.05) is 37.0 Å². The monoisotopic (exact) mass is 328 g/mol. The summed E-state index contributed by atoms with van der Waals surface area (Å²) in [5.41, 5.74) is 2.57. The minimum Gasteiger partial charge on any atom is -0.371 e. The van der Waals surface area contributed by atoms with Crippen LogP contribution < -0.4 is 0 Å². The van der Waals surface area contributed by atoms with Gasteiger partial charge in [0, 0.05) is 43.3 Å². The van der Waals surface area contributed by atoms with Crippen molar-refractivity contribution >= 4 is 5.91 Å². The maximum absolute atomic E-state index is 13.0. The smallest absolute Gasteiger partial charge is 0.257 e. The van der Waals surface area contributed by atoms with Crippen LogP contribution >= 0.6 is 0 Å².